The van der Waals surface area contributed by atoms with Crippen molar-refractivity contribution in [3.63, 3.8) is 0 Å². The number of carbonyl (C=O) groups excluding carboxylic acids is 1. The zero-order chi connectivity index (χ0) is 20.1. The number of fused-ring (bicyclic) bond motifs is 1. The molecule has 2 heterocycles. The molecular weight excluding hydrogens is 366 g/mol. The van der Waals surface area contributed by atoms with Gasteiger partial charge in [-0.3, -0.25) is 9.78 Å². The van der Waals surface area contributed by atoms with Gasteiger partial charge in [-0.1, -0.05) is 43.5 Å². The number of pyridine rings is 1. The second-order valence-electron chi connectivity index (χ2n) is 7.44. The average molecular weight is 391 g/mol. The van der Waals surface area contributed by atoms with Crippen LogP contribution in [0.5, 0.6) is 0 Å². The first-order chi connectivity index (χ1) is 14.2. The Kier molecular flexibility index (Phi) is 5.84. The lowest BCUT2D eigenvalue weighted by Gasteiger charge is -2.22. The third kappa shape index (κ3) is 4.62. The van der Waals surface area contributed by atoms with Gasteiger partial charge < -0.3 is 10.6 Å². The number of carbonyl (C=O) groups is 1. The molecule has 1 saturated carbocycles. The van der Waals surface area contributed by atoms with Crippen LogP contribution >= 0.6 is 0 Å². The number of benzene rings is 1. The monoisotopic (exact) mass is 391 g/mol. The van der Waals surface area contributed by atoms with Crippen LogP contribution in [0.1, 0.15) is 43.5 Å². The van der Waals surface area contributed by atoms with Crippen molar-refractivity contribution >= 4 is 16.8 Å². The lowest BCUT2D eigenvalue weighted by Crippen LogP contribution is -2.42. The normalized spacial score (nSPS) is 14.6. The van der Waals surface area contributed by atoms with Crippen molar-refractivity contribution in [2.75, 3.05) is 0 Å². The molecule has 1 aliphatic carbocycles. The number of hydrogen-bond donors (Lipinski definition) is 2. The third-order valence-corrected chi connectivity index (χ3v) is 5.34. The molecule has 0 bridgehead atoms. The smallest absolute Gasteiger partial charge is 0.315 e. The van der Waals surface area contributed by atoms with Gasteiger partial charge in [0.05, 0.1) is 29.9 Å². The summed E-state index contributed by atoms with van der Waals surface area (Å²) in [7, 11) is 0. The maximum absolute atomic E-state index is 12.9. The number of nitrogens with zero attached hydrogens (tertiary/aromatic N) is 3. The van der Waals surface area contributed by atoms with E-state index in [1.54, 1.807) is 12.3 Å². The summed E-state index contributed by atoms with van der Waals surface area (Å²) in [5.74, 6) is 0. The highest BCUT2D eigenvalue weighted by Gasteiger charge is 2.16. The average Bonchev–Trinajstić information content (AvgIpc) is 2.76. The quantitative estimate of drug-likeness (QED) is 0.700. The predicted octanol–water partition coefficient (Wildman–Crippen LogP) is 2.97. The predicted molar refractivity (Wildman–Crippen MR) is 112 cm³/mol. The van der Waals surface area contributed by atoms with Crippen molar-refractivity contribution in [2.24, 2.45) is 0 Å². The summed E-state index contributed by atoms with van der Waals surface area (Å²) in [6, 6.07) is 13.0. The highest BCUT2D eigenvalue weighted by molar-refractivity contribution is 5.84. The molecule has 1 aromatic carbocycles. The number of aromatic nitrogens is 3. The Morgan fingerprint density at radius 2 is 1.79 bits per heavy atom. The van der Waals surface area contributed by atoms with Crippen LogP contribution in [0.2, 0.25) is 0 Å². The molecule has 0 atom stereocenters. The molecule has 7 nitrogen and oxygen atoms in total. The number of nitrogens with one attached hydrogen (secondary N) is 2. The summed E-state index contributed by atoms with van der Waals surface area (Å²) in [6.45, 7) is 0.535. The van der Waals surface area contributed by atoms with Gasteiger partial charge in [-0.25, -0.2) is 9.48 Å². The van der Waals surface area contributed by atoms with Crippen LogP contribution in [-0.4, -0.2) is 26.8 Å². The minimum Gasteiger partial charge on any atom is -0.335 e. The van der Waals surface area contributed by atoms with Crippen molar-refractivity contribution in [2.45, 2.75) is 51.2 Å². The van der Waals surface area contributed by atoms with E-state index < -0.39 is 0 Å². The van der Waals surface area contributed by atoms with Crippen LogP contribution in [0.15, 0.2) is 53.5 Å². The molecule has 1 fully saturated rings. The van der Waals surface area contributed by atoms with E-state index in [-0.39, 0.29) is 30.7 Å². The molecule has 150 valence electrons. The first-order valence-electron chi connectivity index (χ1n) is 10.1. The molecule has 0 radical (unpaired) electrons. The number of urea groups is 1. The van der Waals surface area contributed by atoms with Gasteiger partial charge in [0.15, 0.2) is 0 Å². The standard InChI is InChI=1S/C22H25N5O2/c28-21-19-12-5-4-11-18(19)20(26-27(21)15-17-10-6-7-13-23-17)14-24-22(29)25-16-8-2-1-3-9-16/h4-7,10-13,16H,1-3,8-9,14-15H2,(H2,24,25,29). The van der Waals surface area contributed by atoms with Gasteiger partial charge in [0.1, 0.15) is 0 Å². The van der Waals surface area contributed by atoms with Gasteiger partial charge in [0, 0.05) is 17.6 Å². The molecule has 4 rings (SSSR count). The Morgan fingerprint density at radius 1 is 1.03 bits per heavy atom. The Morgan fingerprint density at radius 3 is 2.55 bits per heavy atom. The second kappa shape index (κ2) is 8.86. The van der Waals surface area contributed by atoms with Crippen molar-refractivity contribution in [1.29, 1.82) is 0 Å². The fourth-order valence-corrected chi connectivity index (χ4v) is 3.84. The fourth-order valence-electron chi connectivity index (χ4n) is 3.84. The van der Waals surface area contributed by atoms with Crippen LogP contribution < -0.4 is 16.2 Å². The summed E-state index contributed by atoms with van der Waals surface area (Å²) in [6.07, 6.45) is 7.32. The highest BCUT2D eigenvalue weighted by Crippen LogP contribution is 2.17. The maximum Gasteiger partial charge on any atom is 0.315 e. The second-order valence-corrected chi connectivity index (χ2v) is 7.44. The summed E-state index contributed by atoms with van der Waals surface area (Å²) in [4.78, 5) is 29.5. The Bertz CT molecular complexity index is 1040. The summed E-state index contributed by atoms with van der Waals surface area (Å²) in [5, 5.41) is 11.8. The SMILES string of the molecule is O=C(NCc1nn(Cc2ccccn2)c(=O)c2ccccc12)NC1CCCCC1. The summed E-state index contributed by atoms with van der Waals surface area (Å²) in [5.41, 5.74) is 1.25. The first kappa shape index (κ1) is 19.1. The number of hydrogen-bond acceptors (Lipinski definition) is 4. The first-order valence-corrected chi connectivity index (χ1v) is 10.1. The lowest BCUT2D eigenvalue weighted by atomic mass is 9.96. The number of rotatable bonds is 5. The molecule has 2 amide bonds. The van der Waals surface area contributed by atoms with Gasteiger partial charge in [0.25, 0.3) is 5.56 Å². The molecule has 2 N–H and O–H groups in total. The van der Waals surface area contributed by atoms with Crippen LogP contribution in [-0.2, 0) is 13.1 Å². The van der Waals surface area contributed by atoms with E-state index in [0.29, 0.717) is 11.1 Å². The van der Waals surface area contributed by atoms with Crippen LogP contribution in [0.3, 0.4) is 0 Å². The molecule has 3 aromatic rings. The molecule has 0 aliphatic heterocycles. The number of amides is 2. The molecule has 29 heavy (non-hydrogen) atoms. The van der Waals surface area contributed by atoms with Crippen LogP contribution in [0, 0.1) is 0 Å². The topological polar surface area (TPSA) is 88.9 Å². The lowest BCUT2D eigenvalue weighted by molar-refractivity contribution is 0.232. The summed E-state index contributed by atoms with van der Waals surface area (Å²) >= 11 is 0. The zero-order valence-corrected chi connectivity index (χ0v) is 16.3. The Labute approximate surface area is 169 Å². The van der Waals surface area contributed by atoms with E-state index in [2.05, 4.69) is 20.7 Å². The van der Waals surface area contributed by atoms with E-state index in [9.17, 15) is 9.59 Å². The van der Waals surface area contributed by atoms with Gasteiger partial charge >= 0.3 is 6.03 Å². The van der Waals surface area contributed by atoms with Crippen LogP contribution in [0.4, 0.5) is 4.79 Å². The minimum atomic E-state index is -0.190. The maximum atomic E-state index is 12.9. The Hall–Kier alpha value is -3.22. The van der Waals surface area contributed by atoms with Gasteiger partial charge in [0.2, 0.25) is 0 Å². The third-order valence-electron chi connectivity index (χ3n) is 5.34. The highest BCUT2D eigenvalue weighted by atomic mass is 16.2. The van der Waals surface area contributed by atoms with E-state index in [1.165, 1.54) is 11.1 Å². The molecule has 0 unspecified atom stereocenters. The van der Waals surface area contributed by atoms with E-state index in [0.717, 1.165) is 36.8 Å². The van der Waals surface area contributed by atoms with Crippen molar-refractivity contribution in [3.8, 4) is 0 Å². The molecule has 2 aromatic heterocycles. The largest absolute Gasteiger partial charge is 0.335 e. The fraction of sp³-hybridized carbons (Fsp3) is 0.364. The molecule has 7 heteroatoms. The van der Waals surface area contributed by atoms with Gasteiger partial charge in [-0.2, -0.15) is 5.10 Å². The van der Waals surface area contributed by atoms with Crippen molar-refractivity contribution in [1.82, 2.24) is 25.4 Å². The van der Waals surface area contributed by atoms with E-state index in [1.807, 2.05) is 36.4 Å². The minimum absolute atomic E-state index is 0.165. The molecule has 1 aliphatic rings. The van der Waals surface area contributed by atoms with E-state index >= 15 is 0 Å². The zero-order valence-electron chi connectivity index (χ0n) is 16.3. The Balaban J connectivity index is 1.55. The van der Waals surface area contributed by atoms with Crippen molar-refractivity contribution < 1.29 is 4.79 Å². The summed E-state index contributed by atoms with van der Waals surface area (Å²) < 4.78 is 1.42. The van der Waals surface area contributed by atoms with Crippen LogP contribution in [0.25, 0.3) is 10.8 Å². The molecule has 0 saturated heterocycles. The van der Waals surface area contributed by atoms with Gasteiger partial charge in [-0.05, 0) is 31.0 Å². The van der Waals surface area contributed by atoms with Gasteiger partial charge in [-0.15, -0.1) is 0 Å². The molecule has 0 spiro atoms. The van der Waals surface area contributed by atoms with Crippen molar-refractivity contribution in [3.05, 3.63) is 70.4 Å². The van der Waals surface area contributed by atoms with E-state index in [4.69, 9.17) is 0 Å². The molecular formula is C22H25N5O2.